The van der Waals surface area contributed by atoms with Crippen LogP contribution in [0.15, 0.2) is 109 Å². The van der Waals surface area contributed by atoms with Gasteiger partial charge in [-0.3, -0.25) is 0 Å². The third-order valence-corrected chi connectivity index (χ3v) is 10.3. The van der Waals surface area contributed by atoms with Crippen molar-refractivity contribution in [1.29, 1.82) is 5.26 Å². The summed E-state index contributed by atoms with van der Waals surface area (Å²) in [4.78, 5) is 9.22. The molecule has 0 aliphatic carbocycles. The van der Waals surface area contributed by atoms with Crippen LogP contribution < -0.4 is 18.9 Å². The number of benzene rings is 4. The molecule has 58 heavy (non-hydrogen) atoms. The Morgan fingerprint density at radius 2 is 0.862 bits per heavy atom. The van der Waals surface area contributed by atoms with Crippen molar-refractivity contribution in [3.05, 3.63) is 121 Å². The number of aryl methyl sites for hydroxylation is 1. The van der Waals surface area contributed by atoms with E-state index in [1.54, 1.807) is 0 Å². The molecule has 306 valence electrons. The minimum atomic E-state index is 0.673. The SMILES string of the molecule is CCCCCCCCc1cnc(-c2ccc(OCCCCCCOc3cccc(OCCCCCCCCOc4ccc(-c5ccc(C#N)cc5)cc4)c3)cc2)nc1. The van der Waals surface area contributed by atoms with Crippen LogP contribution in [0.3, 0.4) is 0 Å². The first-order chi connectivity index (χ1) is 28.7. The molecular formula is C51H63N3O4. The smallest absolute Gasteiger partial charge is 0.159 e. The number of hydrogen-bond acceptors (Lipinski definition) is 7. The number of hydrogen-bond donors (Lipinski definition) is 0. The van der Waals surface area contributed by atoms with Crippen molar-refractivity contribution in [2.75, 3.05) is 26.4 Å². The highest BCUT2D eigenvalue weighted by molar-refractivity contribution is 5.65. The Labute approximate surface area is 347 Å². The van der Waals surface area contributed by atoms with Gasteiger partial charge >= 0.3 is 0 Å². The number of nitrogens with zero attached hydrogens (tertiary/aromatic N) is 3. The highest BCUT2D eigenvalue weighted by atomic mass is 16.5. The third-order valence-electron chi connectivity index (χ3n) is 10.3. The lowest BCUT2D eigenvalue weighted by Crippen LogP contribution is -2.01. The van der Waals surface area contributed by atoms with E-state index in [0.29, 0.717) is 18.8 Å². The third kappa shape index (κ3) is 16.6. The summed E-state index contributed by atoms with van der Waals surface area (Å²) in [5.74, 6) is 4.27. The fourth-order valence-corrected chi connectivity index (χ4v) is 6.81. The summed E-state index contributed by atoms with van der Waals surface area (Å²) in [6, 6.07) is 34.1. The Morgan fingerprint density at radius 3 is 1.34 bits per heavy atom. The molecule has 0 amide bonds. The highest BCUT2D eigenvalue weighted by Crippen LogP contribution is 2.24. The van der Waals surface area contributed by atoms with Gasteiger partial charge in [-0.15, -0.1) is 0 Å². The summed E-state index contributed by atoms with van der Waals surface area (Å²) >= 11 is 0. The lowest BCUT2D eigenvalue weighted by molar-refractivity contribution is 0.282. The van der Waals surface area contributed by atoms with Gasteiger partial charge in [0.25, 0.3) is 0 Å². The summed E-state index contributed by atoms with van der Waals surface area (Å²) < 4.78 is 24.0. The van der Waals surface area contributed by atoms with Crippen LogP contribution in [0, 0.1) is 11.3 Å². The zero-order valence-electron chi connectivity index (χ0n) is 34.7. The lowest BCUT2D eigenvalue weighted by Gasteiger charge is -2.10. The van der Waals surface area contributed by atoms with E-state index in [4.69, 9.17) is 24.2 Å². The molecule has 1 heterocycles. The molecule has 0 spiro atoms. The van der Waals surface area contributed by atoms with E-state index in [0.717, 1.165) is 117 Å². The highest BCUT2D eigenvalue weighted by Gasteiger charge is 2.05. The molecular weight excluding hydrogens is 719 g/mol. The van der Waals surface area contributed by atoms with Crippen LogP contribution >= 0.6 is 0 Å². The van der Waals surface area contributed by atoms with Crippen LogP contribution in [-0.4, -0.2) is 36.4 Å². The van der Waals surface area contributed by atoms with Gasteiger partial charge in [-0.05, 0) is 129 Å². The quantitative estimate of drug-likeness (QED) is 0.0446. The number of unbranched alkanes of at least 4 members (excludes halogenated alkanes) is 13. The van der Waals surface area contributed by atoms with Crippen LogP contribution in [0.5, 0.6) is 23.0 Å². The number of rotatable bonds is 29. The van der Waals surface area contributed by atoms with Crippen LogP contribution in [0.4, 0.5) is 0 Å². The van der Waals surface area contributed by atoms with Crippen molar-refractivity contribution < 1.29 is 18.9 Å². The molecule has 0 bridgehead atoms. The molecule has 0 radical (unpaired) electrons. The van der Waals surface area contributed by atoms with Gasteiger partial charge in [0.05, 0.1) is 38.1 Å². The molecule has 5 aromatic rings. The van der Waals surface area contributed by atoms with Gasteiger partial charge in [-0.25, -0.2) is 9.97 Å². The van der Waals surface area contributed by atoms with Crippen molar-refractivity contribution in [2.24, 2.45) is 0 Å². The van der Waals surface area contributed by atoms with Crippen LogP contribution in [0.2, 0.25) is 0 Å². The van der Waals surface area contributed by atoms with E-state index in [-0.39, 0.29) is 0 Å². The van der Waals surface area contributed by atoms with Gasteiger partial charge in [-0.2, -0.15) is 5.26 Å². The average Bonchev–Trinajstić information content (AvgIpc) is 3.27. The van der Waals surface area contributed by atoms with E-state index in [9.17, 15) is 0 Å². The number of nitriles is 1. The van der Waals surface area contributed by atoms with E-state index in [1.165, 1.54) is 56.9 Å². The first-order valence-electron chi connectivity index (χ1n) is 21.8. The summed E-state index contributed by atoms with van der Waals surface area (Å²) in [5, 5.41) is 8.99. The van der Waals surface area contributed by atoms with Crippen molar-refractivity contribution in [3.63, 3.8) is 0 Å². The minimum Gasteiger partial charge on any atom is -0.494 e. The molecule has 5 rings (SSSR count). The summed E-state index contributed by atoms with van der Waals surface area (Å²) in [5.41, 5.74) is 5.12. The molecule has 0 saturated heterocycles. The standard InChI is InChI=1S/C51H63N3O4/c1-2-3-4-5-8-13-19-43-40-53-51(54-41-43)46-28-32-48(33-29-46)56-35-16-11-12-17-37-58-50-21-18-20-49(38-50)57-36-15-10-7-6-9-14-34-55-47-30-26-45(27-31-47)44-24-22-42(39-52)23-25-44/h18,20-33,38,40-41H,2-17,19,34-37H2,1H3. The average molecular weight is 782 g/mol. The van der Waals surface area contributed by atoms with Crippen LogP contribution in [0.25, 0.3) is 22.5 Å². The predicted molar refractivity (Wildman–Crippen MR) is 236 cm³/mol. The Kier molecular flexibility index (Phi) is 20.0. The predicted octanol–water partition coefficient (Wildman–Crippen LogP) is 13.4. The normalized spacial score (nSPS) is 10.9. The molecule has 0 atom stereocenters. The van der Waals surface area contributed by atoms with Crippen molar-refractivity contribution in [3.8, 4) is 51.6 Å². The van der Waals surface area contributed by atoms with Gasteiger partial charge in [0, 0.05) is 24.0 Å². The molecule has 0 aliphatic rings. The lowest BCUT2D eigenvalue weighted by atomic mass is 10.0. The zero-order valence-corrected chi connectivity index (χ0v) is 34.7. The van der Waals surface area contributed by atoms with E-state index >= 15 is 0 Å². The molecule has 0 saturated carbocycles. The monoisotopic (exact) mass is 781 g/mol. The Hall–Kier alpha value is -5.35. The summed E-state index contributed by atoms with van der Waals surface area (Å²) in [6.45, 7) is 5.12. The number of ether oxygens (including phenoxy) is 4. The molecule has 0 aliphatic heterocycles. The maximum Gasteiger partial charge on any atom is 0.159 e. The largest absolute Gasteiger partial charge is 0.494 e. The maximum atomic E-state index is 8.99. The molecule has 0 fully saturated rings. The van der Waals surface area contributed by atoms with Gasteiger partial charge in [0.1, 0.15) is 23.0 Å². The molecule has 7 heteroatoms. The van der Waals surface area contributed by atoms with Crippen molar-refractivity contribution in [2.45, 2.75) is 116 Å². The first-order valence-corrected chi connectivity index (χ1v) is 21.8. The summed E-state index contributed by atoms with van der Waals surface area (Å²) in [7, 11) is 0. The first kappa shape index (κ1) is 43.8. The number of aromatic nitrogens is 2. The van der Waals surface area contributed by atoms with Gasteiger partial charge in [0.2, 0.25) is 0 Å². The van der Waals surface area contributed by atoms with Crippen molar-refractivity contribution >= 4 is 0 Å². The van der Waals surface area contributed by atoms with Crippen LogP contribution in [0.1, 0.15) is 121 Å². The van der Waals surface area contributed by atoms with Gasteiger partial charge in [-0.1, -0.05) is 95.0 Å². The minimum absolute atomic E-state index is 0.673. The van der Waals surface area contributed by atoms with Gasteiger partial charge in [0.15, 0.2) is 5.82 Å². The van der Waals surface area contributed by atoms with Gasteiger partial charge < -0.3 is 18.9 Å². The molecule has 7 nitrogen and oxygen atoms in total. The topological polar surface area (TPSA) is 86.5 Å². The van der Waals surface area contributed by atoms with Crippen LogP contribution in [-0.2, 0) is 6.42 Å². The Bertz CT molecular complexity index is 1870. The fraction of sp³-hybridized carbons (Fsp3) is 0.431. The van der Waals surface area contributed by atoms with E-state index in [1.807, 2.05) is 97.3 Å². The van der Waals surface area contributed by atoms with E-state index in [2.05, 4.69) is 35.1 Å². The molecule has 0 N–H and O–H groups in total. The second kappa shape index (κ2) is 26.5. The second-order valence-corrected chi connectivity index (χ2v) is 15.1. The maximum absolute atomic E-state index is 8.99. The zero-order chi connectivity index (χ0) is 40.3. The molecule has 1 aromatic heterocycles. The van der Waals surface area contributed by atoms with Crippen molar-refractivity contribution in [1.82, 2.24) is 9.97 Å². The van der Waals surface area contributed by atoms with E-state index < -0.39 is 0 Å². The molecule has 4 aromatic carbocycles. The Balaban J connectivity index is 0.824. The summed E-state index contributed by atoms with van der Waals surface area (Å²) in [6.07, 6.45) is 23.9. The Morgan fingerprint density at radius 1 is 0.448 bits per heavy atom. The second-order valence-electron chi connectivity index (χ2n) is 15.1. The molecule has 0 unspecified atom stereocenters. The fourth-order valence-electron chi connectivity index (χ4n) is 6.81.